The molecule has 0 aromatic heterocycles. The van der Waals surface area contributed by atoms with Gasteiger partial charge in [0.25, 0.3) is 0 Å². The average Bonchev–Trinajstić information content (AvgIpc) is 2.42. The minimum absolute atomic E-state index is 0.705. The molecule has 1 aromatic carbocycles. The zero-order valence-corrected chi connectivity index (χ0v) is 9.00. The predicted octanol–water partition coefficient (Wildman–Crippen LogP) is 3.18. The Kier molecular flexibility index (Phi) is 3.83. The van der Waals surface area contributed by atoms with Crippen LogP contribution in [0.5, 0.6) is 5.75 Å². The number of ether oxygens (including phenoxy) is 2. The third-order valence-electron chi connectivity index (χ3n) is 2.17. The monoisotopic (exact) mass is 214 g/mol. The summed E-state index contributed by atoms with van der Waals surface area (Å²) in [6.45, 7) is 1.44. The Labute approximate surface area is 95.5 Å². The van der Waals surface area contributed by atoms with Gasteiger partial charge in [0.1, 0.15) is 19.0 Å². The second-order valence-corrected chi connectivity index (χ2v) is 3.34. The van der Waals surface area contributed by atoms with Crippen molar-refractivity contribution in [3.05, 3.63) is 60.4 Å². The van der Waals surface area contributed by atoms with E-state index < -0.39 is 0 Å². The summed E-state index contributed by atoms with van der Waals surface area (Å²) in [4.78, 5) is 0. The summed E-state index contributed by atoms with van der Waals surface area (Å²) in [5.41, 5.74) is 1.17. The molecule has 2 aliphatic heterocycles. The van der Waals surface area contributed by atoms with Crippen LogP contribution < -0.4 is 4.74 Å². The van der Waals surface area contributed by atoms with Crippen LogP contribution in [0.4, 0.5) is 0 Å². The second kappa shape index (κ2) is 5.81. The fourth-order valence-corrected chi connectivity index (χ4v) is 1.41. The molecule has 2 heterocycles. The van der Waals surface area contributed by atoms with Gasteiger partial charge in [-0.15, -0.1) is 0 Å². The molecule has 0 saturated heterocycles. The van der Waals surface area contributed by atoms with Crippen molar-refractivity contribution in [2.45, 2.75) is 0 Å². The first-order valence-electron chi connectivity index (χ1n) is 5.28. The van der Waals surface area contributed by atoms with Gasteiger partial charge in [0, 0.05) is 5.56 Å². The number of hydrogen-bond donors (Lipinski definition) is 0. The lowest BCUT2D eigenvalue weighted by Gasteiger charge is -2.10. The van der Waals surface area contributed by atoms with Crippen molar-refractivity contribution in [3.8, 4) is 5.75 Å². The summed E-state index contributed by atoms with van der Waals surface area (Å²) >= 11 is 0. The first kappa shape index (κ1) is 10.6. The summed E-state index contributed by atoms with van der Waals surface area (Å²) in [7, 11) is 0. The first-order valence-corrected chi connectivity index (χ1v) is 5.28. The number of fused-ring (bicyclic) bond motifs is 1. The first-order chi connectivity index (χ1) is 7.97. The molecular formula is C14H14O2. The molecule has 0 N–H and O–H groups in total. The van der Waals surface area contributed by atoms with E-state index >= 15 is 0 Å². The Hall–Kier alpha value is -1.96. The van der Waals surface area contributed by atoms with E-state index in [2.05, 4.69) is 6.08 Å². The molecule has 0 fully saturated rings. The molecule has 0 bridgehead atoms. The Bertz CT molecular complexity index is 404. The van der Waals surface area contributed by atoms with E-state index in [1.54, 1.807) is 6.26 Å². The van der Waals surface area contributed by atoms with E-state index in [1.165, 1.54) is 5.56 Å². The fourth-order valence-electron chi connectivity index (χ4n) is 1.41. The SMILES string of the molecule is C1=CCOC=C1.C1=Cc2ccccc2OC1. The van der Waals surface area contributed by atoms with Crippen LogP contribution in [0.25, 0.3) is 6.08 Å². The summed E-state index contributed by atoms with van der Waals surface area (Å²) in [5, 5.41) is 0. The van der Waals surface area contributed by atoms with Gasteiger partial charge in [0.05, 0.1) is 6.26 Å². The van der Waals surface area contributed by atoms with Crippen LogP contribution in [0.1, 0.15) is 5.56 Å². The smallest absolute Gasteiger partial charge is 0.126 e. The van der Waals surface area contributed by atoms with Crippen LogP contribution in [0, 0.1) is 0 Å². The number of hydrogen-bond acceptors (Lipinski definition) is 2. The quantitative estimate of drug-likeness (QED) is 0.660. The van der Waals surface area contributed by atoms with Crippen molar-refractivity contribution in [1.29, 1.82) is 0 Å². The van der Waals surface area contributed by atoms with Gasteiger partial charge in [-0.1, -0.05) is 30.4 Å². The Morgan fingerprint density at radius 1 is 0.938 bits per heavy atom. The van der Waals surface area contributed by atoms with Crippen LogP contribution in [-0.4, -0.2) is 13.2 Å². The molecule has 2 nitrogen and oxygen atoms in total. The fraction of sp³-hybridized carbons (Fsp3) is 0.143. The summed E-state index contributed by atoms with van der Waals surface area (Å²) in [6.07, 6.45) is 11.6. The normalized spacial score (nSPS) is 15.2. The highest BCUT2D eigenvalue weighted by Crippen LogP contribution is 2.21. The zero-order chi connectivity index (χ0) is 11.1. The van der Waals surface area contributed by atoms with Crippen molar-refractivity contribution in [3.63, 3.8) is 0 Å². The molecule has 1 aromatic rings. The van der Waals surface area contributed by atoms with E-state index in [-0.39, 0.29) is 0 Å². The molecule has 0 unspecified atom stereocenters. The molecule has 16 heavy (non-hydrogen) atoms. The Balaban J connectivity index is 0.000000138. The molecule has 2 aliphatic rings. The number of allylic oxidation sites excluding steroid dienone is 2. The van der Waals surface area contributed by atoms with Crippen LogP contribution in [-0.2, 0) is 4.74 Å². The van der Waals surface area contributed by atoms with Gasteiger partial charge in [-0.3, -0.25) is 0 Å². The molecule has 0 atom stereocenters. The van der Waals surface area contributed by atoms with Crippen molar-refractivity contribution >= 4 is 6.08 Å². The maximum absolute atomic E-state index is 5.34. The van der Waals surface area contributed by atoms with Gasteiger partial charge >= 0.3 is 0 Å². The molecule has 82 valence electrons. The number of para-hydroxylation sites is 1. The van der Waals surface area contributed by atoms with Crippen molar-refractivity contribution < 1.29 is 9.47 Å². The van der Waals surface area contributed by atoms with Crippen molar-refractivity contribution in [1.82, 2.24) is 0 Å². The molecule has 0 radical (unpaired) electrons. The van der Waals surface area contributed by atoms with Crippen LogP contribution in [0.3, 0.4) is 0 Å². The lowest BCUT2D eigenvalue weighted by atomic mass is 10.1. The van der Waals surface area contributed by atoms with E-state index in [4.69, 9.17) is 9.47 Å². The Morgan fingerprint density at radius 2 is 1.88 bits per heavy atom. The molecule has 3 rings (SSSR count). The minimum Gasteiger partial charge on any atom is -0.497 e. The molecule has 2 heteroatoms. The zero-order valence-electron chi connectivity index (χ0n) is 9.00. The predicted molar refractivity (Wildman–Crippen MR) is 65.2 cm³/mol. The topological polar surface area (TPSA) is 18.5 Å². The Morgan fingerprint density at radius 3 is 2.50 bits per heavy atom. The highest BCUT2D eigenvalue weighted by atomic mass is 16.5. The molecule has 0 amide bonds. The van der Waals surface area contributed by atoms with Crippen LogP contribution in [0.2, 0.25) is 0 Å². The maximum Gasteiger partial charge on any atom is 0.126 e. The third-order valence-corrected chi connectivity index (χ3v) is 2.17. The summed E-state index contributed by atoms with van der Waals surface area (Å²) < 4.78 is 10.1. The lowest BCUT2D eigenvalue weighted by molar-refractivity contribution is 0.286. The van der Waals surface area contributed by atoms with Gasteiger partial charge < -0.3 is 9.47 Å². The molecule has 0 spiro atoms. The van der Waals surface area contributed by atoms with Crippen LogP contribution >= 0.6 is 0 Å². The van der Waals surface area contributed by atoms with E-state index in [9.17, 15) is 0 Å². The van der Waals surface area contributed by atoms with Gasteiger partial charge in [-0.25, -0.2) is 0 Å². The highest BCUT2D eigenvalue weighted by Gasteiger charge is 2.01. The largest absolute Gasteiger partial charge is 0.497 e. The van der Waals surface area contributed by atoms with Gasteiger partial charge in [-0.05, 0) is 24.3 Å². The number of rotatable bonds is 0. The van der Waals surface area contributed by atoms with Crippen LogP contribution in [0.15, 0.2) is 54.8 Å². The average molecular weight is 214 g/mol. The summed E-state index contributed by atoms with van der Waals surface area (Å²) in [5.74, 6) is 0.991. The summed E-state index contributed by atoms with van der Waals surface area (Å²) in [6, 6.07) is 8.03. The van der Waals surface area contributed by atoms with Gasteiger partial charge in [-0.2, -0.15) is 0 Å². The van der Waals surface area contributed by atoms with E-state index in [0.717, 1.165) is 12.4 Å². The van der Waals surface area contributed by atoms with E-state index in [1.807, 2.05) is 48.6 Å². The number of benzene rings is 1. The maximum atomic E-state index is 5.34. The molecule has 0 aliphatic carbocycles. The van der Waals surface area contributed by atoms with Gasteiger partial charge in [0.15, 0.2) is 0 Å². The van der Waals surface area contributed by atoms with Crippen molar-refractivity contribution in [2.24, 2.45) is 0 Å². The third kappa shape index (κ3) is 3.02. The van der Waals surface area contributed by atoms with Crippen molar-refractivity contribution in [2.75, 3.05) is 13.2 Å². The minimum atomic E-state index is 0.705. The molecular weight excluding hydrogens is 200 g/mol. The van der Waals surface area contributed by atoms with E-state index in [0.29, 0.717) is 6.61 Å². The lowest BCUT2D eigenvalue weighted by Crippen LogP contribution is -1.98. The molecule has 0 saturated carbocycles. The highest BCUT2D eigenvalue weighted by molar-refractivity contribution is 5.58. The second-order valence-electron chi connectivity index (χ2n) is 3.34. The standard InChI is InChI=1S/C9H8O.C5H6O/c1-2-6-9-8(4-1)5-3-7-10-9;1-2-4-6-5-3-1/h1-6H,7H2;1-4H,5H2. The van der Waals surface area contributed by atoms with Gasteiger partial charge in [0.2, 0.25) is 0 Å².